The molecule has 0 aliphatic rings. The molecule has 0 saturated heterocycles. The highest BCUT2D eigenvalue weighted by molar-refractivity contribution is 6.42. The topological polar surface area (TPSA) is 80.7 Å². The Morgan fingerprint density at radius 3 is 2.70 bits per heavy atom. The van der Waals surface area contributed by atoms with E-state index in [-0.39, 0.29) is 0 Å². The first-order valence-corrected chi connectivity index (χ1v) is 6.54. The zero-order valence-corrected chi connectivity index (χ0v) is 12.0. The number of aryl methyl sites for hydroxylation is 1. The number of halogens is 2. The molecule has 5 nitrogen and oxygen atoms in total. The summed E-state index contributed by atoms with van der Waals surface area (Å²) in [6.07, 6.45) is 1.66. The van der Waals surface area contributed by atoms with Gasteiger partial charge >= 0.3 is 0 Å². The first-order chi connectivity index (χ1) is 9.58. The normalized spacial score (nSPS) is 10.9. The molecule has 7 heteroatoms. The van der Waals surface area contributed by atoms with Crippen molar-refractivity contribution in [3.63, 3.8) is 0 Å². The number of aromatic amines is 1. The molecule has 0 saturated carbocycles. The number of anilines is 1. The van der Waals surface area contributed by atoms with Gasteiger partial charge in [-0.1, -0.05) is 34.4 Å². The Bertz CT molecular complexity index is 779. The molecule has 0 aliphatic heterocycles. The van der Waals surface area contributed by atoms with E-state index in [1.165, 1.54) is 0 Å². The first-order valence-electron chi connectivity index (χ1n) is 5.79. The van der Waals surface area contributed by atoms with Crippen molar-refractivity contribution in [3.8, 4) is 22.5 Å². The Morgan fingerprint density at radius 2 is 2.05 bits per heavy atom. The minimum atomic E-state index is 0.291. The summed E-state index contributed by atoms with van der Waals surface area (Å²) in [5, 5.41) is 11.6. The van der Waals surface area contributed by atoms with Gasteiger partial charge in [0.15, 0.2) is 11.6 Å². The number of nitrogen functional groups attached to an aromatic ring is 1. The number of nitrogens with zero attached hydrogens (tertiary/aromatic N) is 2. The third-order valence-corrected chi connectivity index (χ3v) is 3.74. The highest BCUT2D eigenvalue weighted by Gasteiger charge is 2.20. The average Bonchev–Trinajstić information content (AvgIpc) is 2.99. The van der Waals surface area contributed by atoms with E-state index >= 15 is 0 Å². The maximum absolute atomic E-state index is 6.05. The summed E-state index contributed by atoms with van der Waals surface area (Å²) >= 11 is 12.0. The van der Waals surface area contributed by atoms with Gasteiger partial charge in [-0.2, -0.15) is 5.10 Å². The Hall–Kier alpha value is -1.98. The Labute approximate surface area is 124 Å². The van der Waals surface area contributed by atoms with Gasteiger partial charge in [0.05, 0.1) is 27.4 Å². The molecule has 0 amide bonds. The van der Waals surface area contributed by atoms with Crippen LogP contribution in [0, 0.1) is 6.92 Å². The first kappa shape index (κ1) is 13.0. The Kier molecular flexibility index (Phi) is 3.16. The van der Waals surface area contributed by atoms with Crippen LogP contribution in [0.4, 0.5) is 5.82 Å². The quantitative estimate of drug-likeness (QED) is 0.751. The van der Waals surface area contributed by atoms with Crippen molar-refractivity contribution in [3.05, 3.63) is 40.1 Å². The predicted octanol–water partition coefficient (Wildman–Crippen LogP) is 3.93. The van der Waals surface area contributed by atoms with E-state index in [4.69, 9.17) is 33.5 Å². The van der Waals surface area contributed by atoms with Gasteiger partial charge in [-0.05, 0) is 24.6 Å². The van der Waals surface area contributed by atoms with E-state index in [0.29, 0.717) is 27.2 Å². The average molecular weight is 309 g/mol. The molecular formula is C13H10Cl2N4O. The summed E-state index contributed by atoms with van der Waals surface area (Å²) < 4.78 is 5.33. The number of benzene rings is 1. The molecule has 102 valence electrons. The summed E-state index contributed by atoms with van der Waals surface area (Å²) in [5.74, 6) is 0.839. The smallest absolute Gasteiger partial charge is 0.180 e. The molecule has 0 radical (unpaired) electrons. The molecule has 0 atom stereocenters. The number of hydrogen-bond donors (Lipinski definition) is 2. The molecule has 0 fully saturated rings. The van der Waals surface area contributed by atoms with Crippen LogP contribution in [0.3, 0.4) is 0 Å². The fourth-order valence-electron chi connectivity index (χ4n) is 2.00. The lowest BCUT2D eigenvalue weighted by Gasteiger charge is -2.04. The Balaban J connectivity index is 2.21. The van der Waals surface area contributed by atoms with Crippen molar-refractivity contribution in [1.82, 2.24) is 15.4 Å². The van der Waals surface area contributed by atoms with Crippen LogP contribution in [0.5, 0.6) is 0 Å². The van der Waals surface area contributed by atoms with E-state index in [0.717, 1.165) is 16.8 Å². The second-order valence-corrected chi connectivity index (χ2v) is 5.12. The summed E-state index contributed by atoms with van der Waals surface area (Å²) in [7, 11) is 0. The molecule has 2 heterocycles. The SMILES string of the molecule is Cc1[nH]ncc1-c1onc(N)c1-c1ccc(Cl)c(Cl)c1. The van der Waals surface area contributed by atoms with Crippen molar-refractivity contribution in [2.75, 3.05) is 5.73 Å². The van der Waals surface area contributed by atoms with Gasteiger partial charge in [-0.25, -0.2) is 0 Å². The zero-order valence-electron chi connectivity index (χ0n) is 10.4. The minimum absolute atomic E-state index is 0.291. The van der Waals surface area contributed by atoms with Gasteiger partial charge in [-0.3, -0.25) is 5.10 Å². The molecule has 20 heavy (non-hydrogen) atoms. The van der Waals surface area contributed by atoms with Crippen LogP contribution in [0.25, 0.3) is 22.5 Å². The van der Waals surface area contributed by atoms with Crippen LogP contribution in [0.15, 0.2) is 28.9 Å². The molecule has 0 bridgehead atoms. The molecule has 3 rings (SSSR count). The monoisotopic (exact) mass is 308 g/mol. The van der Waals surface area contributed by atoms with Gasteiger partial charge in [0.1, 0.15) is 0 Å². The van der Waals surface area contributed by atoms with Crippen LogP contribution in [0.1, 0.15) is 5.69 Å². The van der Waals surface area contributed by atoms with Crippen LogP contribution in [-0.2, 0) is 0 Å². The van der Waals surface area contributed by atoms with Crippen molar-refractivity contribution in [2.24, 2.45) is 0 Å². The van der Waals surface area contributed by atoms with Gasteiger partial charge in [0.25, 0.3) is 0 Å². The van der Waals surface area contributed by atoms with Crippen molar-refractivity contribution in [1.29, 1.82) is 0 Å². The zero-order chi connectivity index (χ0) is 14.3. The maximum Gasteiger partial charge on any atom is 0.180 e. The van der Waals surface area contributed by atoms with Gasteiger partial charge < -0.3 is 10.3 Å². The fraction of sp³-hybridized carbons (Fsp3) is 0.0769. The summed E-state index contributed by atoms with van der Waals surface area (Å²) in [4.78, 5) is 0. The summed E-state index contributed by atoms with van der Waals surface area (Å²) in [5.41, 5.74) is 9.03. The van der Waals surface area contributed by atoms with Crippen molar-refractivity contribution in [2.45, 2.75) is 6.92 Å². The standard InChI is InChI=1S/C13H10Cl2N4O/c1-6-8(5-17-18-6)12-11(13(16)19-20-12)7-2-3-9(14)10(15)4-7/h2-5H,1H3,(H2,16,19)(H,17,18). The molecule has 2 aromatic heterocycles. The van der Waals surface area contributed by atoms with E-state index in [2.05, 4.69) is 15.4 Å². The Morgan fingerprint density at radius 1 is 1.25 bits per heavy atom. The van der Waals surface area contributed by atoms with Crippen LogP contribution >= 0.6 is 23.2 Å². The van der Waals surface area contributed by atoms with E-state index in [1.54, 1.807) is 18.3 Å². The molecule has 1 aromatic carbocycles. The third-order valence-electron chi connectivity index (χ3n) is 3.00. The fourth-order valence-corrected chi connectivity index (χ4v) is 2.29. The van der Waals surface area contributed by atoms with Crippen molar-refractivity contribution >= 4 is 29.0 Å². The van der Waals surface area contributed by atoms with E-state index in [9.17, 15) is 0 Å². The number of nitrogens with one attached hydrogen (secondary N) is 1. The highest BCUT2D eigenvalue weighted by Crippen LogP contribution is 2.39. The number of hydrogen-bond acceptors (Lipinski definition) is 4. The predicted molar refractivity (Wildman–Crippen MR) is 78.7 cm³/mol. The lowest BCUT2D eigenvalue weighted by Crippen LogP contribution is -1.89. The second-order valence-electron chi connectivity index (χ2n) is 4.31. The number of H-pyrrole nitrogens is 1. The summed E-state index contributed by atoms with van der Waals surface area (Å²) in [6.45, 7) is 1.89. The molecule has 3 aromatic rings. The van der Waals surface area contributed by atoms with Gasteiger partial charge in [-0.15, -0.1) is 0 Å². The molecule has 3 N–H and O–H groups in total. The third kappa shape index (κ3) is 2.05. The van der Waals surface area contributed by atoms with Crippen LogP contribution in [-0.4, -0.2) is 15.4 Å². The van der Waals surface area contributed by atoms with Gasteiger partial charge in [0.2, 0.25) is 0 Å². The lowest BCUT2D eigenvalue weighted by molar-refractivity contribution is 0.436. The number of rotatable bonds is 2. The van der Waals surface area contributed by atoms with E-state index < -0.39 is 0 Å². The maximum atomic E-state index is 6.05. The number of aromatic nitrogens is 3. The highest BCUT2D eigenvalue weighted by atomic mass is 35.5. The van der Waals surface area contributed by atoms with Gasteiger partial charge in [0, 0.05) is 5.69 Å². The van der Waals surface area contributed by atoms with E-state index in [1.807, 2.05) is 13.0 Å². The van der Waals surface area contributed by atoms with Crippen molar-refractivity contribution < 1.29 is 4.52 Å². The largest absolute Gasteiger partial charge is 0.380 e. The lowest BCUT2D eigenvalue weighted by atomic mass is 10.0. The van der Waals surface area contributed by atoms with Crippen LogP contribution in [0.2, 0.25) is 10.0 Å². The number of nitrogens with two attached hydrogens (primary N) is 1. The molecular weight excluding hydrogens is 299 g/mol. The molecule has 0 spiro atoms. The van der Waals surface area contributed by atoms with Crippen LogP contribution < -0.4 is 5.73 Å². The molecule has 0 aliphatic carbocycles. The molecule has 0 unspecified atom stereocenters. The minimum Gasteiger partial charge on any atom is -0.380 e. The summed E-state index contributed by atoms with van der Waals surface area (Å²) in [6, 6.07) is 5.25. The second kappa shape index (κ2) is 4.85.